The monoisotopic (exact) mass is 252 g/mol. The normalized spacial score (nSPS) is 14.2. The van der Waals surface area contributed by atoms with Crippen LogP contribution in [0.25, 0.3) is 5.57 Å². The van der Waals surface area contributed by atoms with Crippen LogP contribution in [0.1, 0.15) is 16.8 Å². The summed E-state index contributed by atoms with van der Waals surface area (Å²) in [5.74, 6) is -0.283. The van der Waals surface area contributed by atoms with Crippen molar-refractivity contribution in [1.82, 2.24) is 4.98 Å². The zero-order valence-electron chi connectivity index (χ0n) is 10.6. The largest absolute Gasteiger partial charge is 0.278 e. The van der Waals surface area contributed by atoms with Gasteiger partial charge in [0.2, 0.25) is 0 Å². The van der Waals surface area contributed by atoms with Crippen LogP contribution < -0.4 is 0 Å². The van der Waals surface area contributed by atoms with Crippen LogP contribution in [0.4, 0.5) is 4.39 Å². The molecule has 2 aromatic rings. The molecule has 19 heavy (non-hydrogen) atoms. The highest BCUT2D eigenvalue weighted by atomic mass is 19.1. The average molecular weight is 252 g/mol. The fourth-order valence-electron chi connectivity index (χ4n) is 2.09. The third-order valence-corrected chi connectivity index (χ3v) is 3.18. The predicted molar refractivity (Wildman–Crippen MR) is 74.8 cm³/mol. The van der Waals surface area contributed by atoms with E-state index in [4.69, 9.17) is 0 Å². The minimum absolute atomic E-state index is 0.283. The van der Waals surface area contributed by atoms with Crippen molar-refractivity contribution in [3.05, 3.63) is 71.3 Å². The van der Waals surface area contributed by atoms with Crippen LogP contribution in [-0.2, 0) is 0 Å². The van der Waals surface area contributed by atoms with Gasteiger partial charge in [0.1, 0.15) is 5.82 Å². The number of allylic oxidation sites excluding steroid dienone is 1. The van der Waals surface area contributed by atoms with Gasteiger partial charge >= 0.3 is 0 Å². The van der Waals surface area contributed by atoms with Gasteiger partial charge in [0, 0.05) is 0 Å². The van der Waals surface area contributed by atoms with Crippen LogP contribution in [0, 0.1) is 12.7 Å². The molecular formula is C16H13FN2. The maximum atomic E-state index is 13.2. The van der Waals surface area contributed by atoms with Crippen LogP contribution in [0.3, 0.4) is 0 Å². The molecule has 0 radical (unpaired) electrons. The Morgan fingerprint density at radius 1 is 1.16 bits per heavy atom. The van der Waals surface area contributed by atoms with E-state index in [9.17, 15) is 4.39 Å². The molecule has 0 atom stereocenters. The van der Waals surface area contributed by atoms with Crippen molar-refractivity contribution >= 4 is 11.3 Å². The molecule has 2 nitrogen and oxygen atoms in total. The van der Waals surface area contributed by atoms with Gasteiger partial charge < -0.3 is 0 Å². The summed E-state index contributed by atoms with van der Waals surface area (Å²) >= 11 is 0. The molecule has 94 valence electrons. The number of nitrogens with zero attached hydrogens (tertiary/aromatic N) is 2. The second-order valence-corrected chi connectivity index (χ2v) is 4.56. The Hall–Kier alpha value is -2.29. The van der Waals surface area contributed by atoms with E-state index in [0.29, 0.717) is 12.1 Å². The van der Waals surface area contributed by atoms with E-state index in [1.807, 2.05) is 24.3 Å². The number of hydrogen-bond donors (Lipinski definition) is 0. The summed E-state index contributed by atoms with van der Waals surface area (Å²) in [6, 6.07) is 11.9. The quantitative estimate of drug-likeness (QED) is 0.804. The van der Waals surface area contributed by atoms with Crippen LogP contribution in [0.15, 0.2) is 53.7 Å². The lowest BCUT2D eigenvalue weighted by atomic mass is 10.1. The third-order valence-electron chi connectivity index (χ3n) is 3.18. The molecule has 0 aliphatic carbocycles. The van der Waals surface area contributed by atoms with Crippen LogP contribution >= 0.6 is 0 Å². The molecule has 1 aromatic heterocycles. The number of hydrogen-bond acceptors (Lipinski definition) is 2. The smallest absolute Gasteiger partial charge is 0.144 e. The van der Waals surface area contributed by atoms with Crippen molar-refractivity contribution in [2.75, 3.05) is 6.54 Å². The molecule has 0 fully saturated rings. The van der Waals surface area contributed by atoms with E-state index in [1.165, 1.54) is 17.3 Å². The first-order valence-corrected chi connectivity index (χ1v) is 6.17. The van der Waals surface area contributed by atoms with Gasteiger partial charge in [-0.05, 0) is 35.8 Å². The van der Waals surface area contributed by atoms with E-state index in [1.54, 1.807) is 13.0 Å². The maximum absolute atomic E-state index is 13.2. The molecule has 3 heteroatoms. The Kier molecular flexibility index (Phi) is 2.95. The van der Waals surface area contributed by atoms with Crippen molar-refractivity contribution in [3.8, 4) is 0 Å². The highest BCUT2D eigenvalue weighted by molar-refractivity contribution is 6.13. The van der Waals surface area contributed by atoms with Crippen LogP contribution in [0.5, 0.6) is 0 Å². The molecule has 0 amide bonds. The lowest BCUT2D eigenvalue weighted by Crippen LogP contribution is -2.00. The molecule has 2 heterocycles. The van der Waals surface area contributed by atoms with Gasteiger partial charge in [-0.3, -0.25) is 9.98 Å². The Balaban J connectivity index is 1.92. The summed E-state index contributed by atoms with van der Waals surface area (Å²) in [4.78, 5) is 8.57. The molecule has 0 saturated heterocycles. The summed E-state index contributed by atoms with van der Waals surface area (Å²) in [6.07, 6.45) is 3.27. The zero-order valence-corrected chi connectivity index (χ0v) is 10.6. The predicted octanol–water partition coefficient (Wildman–Crippen LogP) is 3.42. The maximum Gasteiger partial charge on any atom is 0.144 e. The Labute approximate surface area is 111 Å². The molecule has 1 aliphatic rings. The average Bonchev–Trinajstić information content (AvgIpc) is 2.93. The van der Waals surface area contributed by atoms with Gasteiger partial charge in [-0.25, -0.2) is 4.39 Å². The van der Waals surface area contributed by atoms with Crippen molar-refractivity contribution in [3.63, 3.8) is 0 Å². The molecular weight excluding hydrogens is 239 g/mol. The summed E-state index contributed by atoms with van der Waals surface area (Å²) in [5.41, 5.74) is 4.47. The number of aromatic nitrogens is 1. The topological polar surface area (TPSA) is 25.2 Å². The van der Waals surface area contributed by atoms with E-state index < -0.39 is 0 Å². The molecule has 0 spiro atoms. The lowest BCUT2D eigenvalue weighted by Gasteiger charge is -2.00. The molecule has 1 aromatic carbocycles. The van der Waals surface area contributed by atoms with Gasteiger partial charge in [-0.2, -0.15) is 0 Å². The number of halogens is 1. The van der Waals surface area contributed by atoms with E-state index in [-0.39, 0.29) is 5.82 Å². The second kappa shape index (κ2) is 4.76. The molecule has 0 saturated carbocycles. The van der Waals surface area contributed by atoms with Crippen LogP contribution in [0.2, 0.25) is 0 Å². The van der Waals surface area contributed by atoms with Crippen molar-refractivity contribution in [1.29, 1.82) is 0 Å². The number of pyridine rings is 1. The van der Waals surface area contributed by atoms with Crippen molar-refractivity contribution in [2.45, 2.75) is 6.92 Å². The van der Waals surface area contributed by atoms with E-state index in [0.717, 1.165) is 11.4 Å². The fourth-order valence-corrected chi connectivity index (χ4v) is 2.09. The van der Waals surface area contributed by atoms with E-state index >= 15 is 0 Å². The van der Waals surface area contributed by atoms with E-state index in [2.05, 4.69) is 22.1 Å². The van der Waals surface area contributed by atoms with Gasteiger partial charge in [-0.15, -0.1) is 0 Å². The lowest BCUT2D eigenvalue weighted by molar-refractivity contribution is 0.611. The number of rotatable bonds is 2. The zero-order chi connectivity index (χ0) is 13.2. The second-order valence-electron chi connectivity index (χ2n) is 4.56. The molecule has 1 aliphatic heterocycles. The Bertz CT molecular complexity index is 672. The first-order valence-electron chi connectivity index (χ1n) is 6.17. The molecule has 0 N–H and O–H groups in total. The number of benzene rings is 1. The van der Waals surface area contributed by atoms with Gasteiger partial charge in [0.05, 0.1) is 24.1 Å². The first kappa shape index (κ1) is 11.8. The number of aryl methyl sites for hydroxylation is 1. The summed E-state index contributed by atoms with van der Waals surface area (Å²) in [6.45, 7) is 2.38. The third kappa shape index (κ3) is 2.32. The van der Waals surface area contributed by atoms with Crippen LogP contribution in [-0.4, -0.2) is 17.2 Å². The highest BCUT2D eigenvalue weighted by Crippen LogP contribution is 2.21. The fraction of sp³-hybridized carbons (Fsp3) is 0.125. The van der Waals surface area contributed by atoms with Gasteiger partial charge in [-0.1, -0.05) is 30.3 Å². The Morgan fingerprint density at radius 3 is 2.68 bits per heavy atom. The highest BCUT2D eigenvalue weighted by Gasteiger charge is 2.13. The molecule has 0 unspecified atom stereocenters. The van der Waals surface area contributed by atoms with Gasteiger partial charge in [0.15, 0.2) is 0 Å². The minimum atomic E-state index is -0.283. The first-order chi connectivity index (χ1) is 9.24. The number of aliphatic imine (C=N–C) groups is 1. The van der Waals surface area contributed by atoms with Gasteiger partial charge in [0.25, 0.3) is 0 Å². The SMILES string of the molecule is Cc1cc(C2=NCC(c3ccccc3)=C2)ncc1F. The standard InChI is InChI=1S/C16H13FN2/c1-11-7-15(19-10-14(11)17)16-8-13(9-18-16)12-5-3-2-4-6-12/h2-8,10H,9H2,1H3. The minimum Gasteiger partial charge on any atom is -0.278 e. The van der Waals surface area contributed by atoms with Crippen molar-refractivity contribution in [2.24, 2.45) is 4.99 Å². The summed E-state index contributed by atoms with van der Waals surface area (Å²) in [7, 11) is 0. The Morgan fingerprint density at radius 2 is 1.95 bits per heavy atom. The molecule has 0 bridgehead atoms. The molecule has 3 rings (SSSR count). The summed E-state index contributed by atoms with van der Waals surface area (Å²) in [5, 5.41) is 0. The summed E-state index contributed by atoms with van der Waals surface area (Å²) < 4.78 is 13.2. The van der Waals surface area contributed by atoms with Crippen molar-refractivity contribution < 1.29 is 4.39 Å².